The number of nitrogens with one attached hydrogen (secondary N) is 2. The van der Waals surface area contributed by atoms with Crippen LogP contribution in [0.5, 0.6) is 0 Å². The Hall–Kier alpha value is -0.0800. The predicted molar refractivity (Wildman–Crippen MR) is 65.0 cm³/mol. The van der Waals surface area contributed by atoms with E-state index in [1.54, 1.807) is 0 Å². The molecule has 1 saturated heterocycles. The SMILES string of the molecule is CC(C)CC1(CNC2CNC2)CCCC1. The van der Waals surface area contributed by atoms with Crippen LogP contribution in [0.15, 0.2) is 0 Å². The van der Waals surface area contributed by atoms with Gasteiger partial charge in [0.05, 0.1) is 0 Å². The van der Waals surface area contributed by atoms with Crippen LogP contribution in [-0.4, -0.2) is 25.7 Å². The van der Waals surface area contributed by atoms with Gasteiger partial charge in [0.1, 0.15) is 0 Å². The molecule has 2 aliphatic rings. The zero-order valence-corrected chi connectivity index (χ0v) is 10.3. The van der Waals surface area contributed by atoms with Gasteiger partial charge in [-0.25, -0.2) is 0 Å². The molecule has 1 heterocycles. The maximum absolute atomic E-state index is 3.74. The molecule has 15 heavy (non-hydrogen) atoms. The average Bonchev–Trinajstić information content (AvgIpc) is 2.49. The van der Waals surface area contributed by atoms with Gasteiger partial charge in [-0.2, -0.15) is 0 Å². The largest absolute Gasteiger partial charge is 0.314 e. The molecule has 0 spiro atoms. The molecule has 2 nitrogen and oxygen atoms in total. The Morgan fingerprint density at radius 1 is 1.27 bits per heavy atom. The maximum Gasteiger partial charge on any atom is 0.0317 e. The van der Waals surface area contributed by atoms with E-state index in [9.17, 15) is 0 Å². The highest BCUT2D eigenvalue weighted by atomic mass is 15.1. The molecule has 2 heteroatoms. The molecule has 0 unspecified atom stereocenters. The molecule has 2 rings (SSSR count). The molecule has 0 radical (unpaired) electrons. The molecule has 0 aromatic heterocycles. The fraction of sp³-hybridized carbons (Fsp3) is 1.00. The van der Waals surface area contributed by atoms with Crippen molar-refractivity contribution < 1.29 is 0 Å². The van der Waals surface area contributed by atoms with Gasteiger partial charge in [0, 0.05) is 25.7 Å². The van der Waals surface area contributed by atoms with Crippen molar-refractivity contribution in [3.05, 3.63) is 0 Å². The summed E-state index contributed by atoms with van der Waals surface area (Å²) in [4.78, 5) is 0. The lowest BCUT2D eigenvalue weighted by Crippen LogP contribution is -2.57. The van der Waals surface area contributed by atoms with Crippen LogP contribution >= 0.6 is 0 Å². The Kier molecular flexibility index (Phi) is 3.68. The molecular formula is C13H26N2. The third-order valence-corrected chi connectivity index (χ3v) is 4.05. The first-order valence-corrected chi connectivity index (χ1v) is 6.64. The first-order chi connectivity index (χ1) is 7.20. The van der Waals surface area contributed by atoms with Crippen LogP contribution < -0.4 is 10.6 Å². The number of hydrogen-bond donors (Lipinski definition) is 2. The molecule has 0 amide bonds. The highest BCUT2D eigenvalue weighted by Crippen LogP contribution is 2.42. The molecule has 1 aliphatic carbocycles. The van der Waals surface area contributed by atoms with Crippen molar-refractivity contribution in [1.82, 2.24) is 10.6 Å². The Morgan fingerprint density at radius 3 is 2.40 bits per heavy atom. The molecule has 0 bridgehead atoms. The molecule has 1 aliphatic heterocycles. The summed E-state index contributed by atoms with van der Waals surface area (Å²) in [6.07, 6.45) is 7.24. The first kappa shape index (κ1) is 11.4. The molecule has 2 fully saturated rings. The second kappa shape index (κ2) is 4.84. The molecule has 0 atom stereocenters. The van der Waals surface area contributed by atoms with Gasteiger partial charge in [-0.05, 0) is 30.6 Å². The second-order valence-corrected chi connectivity index (χ2v) is 6.04. The fourth-order valence-electron chi connectivity index (χ4n) is 3.24. The van der Waals surface area contributed by atoms with E-state index in [1.807, 2.05) is 0 Å². The zero-order chi connectivity index (χ0) is 10.7. The van der Waals surface area contributed by atoms with Crippen molar-refractivity contribution in [2.24, 2.45) is 11.3 Å². The minimum absolute atomic E-state index is 0.643. The first-order valence-electron chi connectivity index (χ1n) is 6.64. The molecule has 2 N–H and O–H groups in total. The standard InChI is InChI=1S/C13H26N2/c1-11(2)7-13(5-3-4-6-13)10-15-12-8-14-9-12/h11-12,14-15H,3-10H2,1-2H3. The fourth-order valence-corrected chi connectivity index (χ4v) is 3.24. The smallest absolute Gasteiger partial charge is 0.0317 e. The van der Waals surface area contributed by atoms with Crippen LogP contribution in [0.3, 0.4) is 0 Å². The van der Waals surface area contributed by atoms with Gasteiger partial charge >= 0.3 is 0 Å². The molecule has 88 valence electrons. The Morgan fingerprint density at radius 2 is 1.93 bits per heavy atom. The predicted octanol–water partition coefficient (Wildman–Crippen LogP) is 2.15. The van der Waals surface area contributed by atoms with E-state index in [2.05, 4.69) is 24.5 Å². The Labute approximate surface area is 94.2 Å². The summed E-state index contributed by atoms with van der Waals surface area (Å²) in [5.74, 6) is 0.851. The van der Waals surface area contributed by atoms with Crippen LogP contribution in [0, 0.1) is 11.3 Å². The monoisotopic (exact) mass is 210 g/mol. The van der Waals surface area contributed by atoms with Crippen molar-refractivity contribution in [3.63, 3.8) is 0 Å². The summed E-state index contributed by atoms with van der Waals surface area (Å²) in [7, 11) is 0. The van der Waals surface area contributed by atoms with Gasteiger partial charge in [-0.3, -0.25) is 0 Å². The molecule has 0 aromatic rings. The van der Waals surface area contributed by atoms with E-state index in [0.717, 1.165) is 12.0 Å². The lowest BCUT2D eigenvalue weighted by atomic mass is 9.78. The van der Waals surface area contributed by atoms with Crippen LogP contribution in [0.4, 0.5) is 0 Å². The van der Waals surface area contributed by atoms with Crippen molar-refractivity contribution in [2.75, 3.05) is 19.6 Å². The minimum Gasteiger partial charge on any atom is -0.314 e. The number of hydrogen-bond acceptors (Lipinski definition) is 2. The van der Waals surface area contributed by atoms with E-state index in [0.29, 0.717) is 5.41 Å². The highest BCUT2D eigenvalue weighted by molar-refractivity contribution is 4.90. The van der Waals surface area contributed by atoms with Crippen molar-refractivity contribution in [2.45, 2.75) is 52.0 Å². The summed E-state index contributed by atoms with van der Waals surface area (Å²) in [5, 5.41) is 7.07. The van der Waals surface area contributed by atoms with Gasteiger partial charge < -0.3 is 10.6 Å². The second-order valence-electron chi connectivity index (χ2n) is 6.04. The molecular weight excluding hydrogens is 184 g/mol. The van der Waals surface area contributed by atoms with Crippen LogP contribution in [-0.2, 0) is 0 Å². The third-order valence-electron chi connectivity index (χ3n) is 4.05. The van der Waals surface area contributed by atoms with Crippen molar-refractivity contribution in [3.8, 4) is 0 Å². The lowest BCUT2D eigenvalue weighted by Gasteiger charge is -2.36. The van der Waals surface area contributed by atoms with Gasteiger partial charge in [-0.15, -0.1) is 0 Å². The van der Waals surface area contributed by atoms with E-state index >= 15 is 0 Å². The van der Waals surface area contributed by atoms with Gasteiger partial charge in [0.2, 0.25) is 0 Å². The summed E-state index contributed by atoms with van der Waals surface area (Å²) in [6.45, 7) is 8.35. The van der Waals surface area contributed by atoms with Gasteiger partial charge in [-0.1, -0.05) is 26.7 Å². The van der Waals surface area contributed by atoms with E-state index in [4.69, 9.17) is 0 Å². The van der Waals surface area contributed by atoms with Gasteiger partial charge in [0.25, 0.3) is 0 Å². The molecule has 0 aromatic carbocycles. The van der Waals surface area contributed by atoms with Crippen molar-refractivity contribution >= 4 is 0 Å². The average molecular weight is 210 g/mol. The molecule has 1 saturated carbocycles. The summed E-state index contributed by atoms with van der Waals surface area (Å²) < 4.78 is 0. The summed E-state index contributed by atoms with van der Waals surface area (Å²) in [5.41, 5.74) is 0.643. The van der Waals surface area contributed by atoms with E-state index < -0.39 is 0 Å². The topological polar surface area (TPSA) is 24.1 Å². The maximum atomic E-state index is 3.74. The Balaban J connectivity index is 1.81. The Bertz CT molecular complexity index is 191. The lowest BCUT2D eigenvalue weighted by molar-refractivity contribution is 0.203. The quantitative estimate of drug-likeness (QED) is 0.726. The minimum atomic E-state index is 0.643. The normalized spacial score (nSPS) is 25.8. The van der Waals surface area contributed by atoms with Gasteiger partial charge in [0.15, 0.2) is 0 Å². The number of rotatable bonds is 5. The zero-order valence-electron chi connectivity index (χ0n) is 10.3. The van der Waals surface area contributed by atoms with E-state index in [-0.39, 0.29) is 0 Å². The van der Waals surface area contributed by atoms with Crippen molar-refractivity contribution in [1.29, 1.82) is 0 Å². The van der Waals surface area contributed by atoms with E-state index in [1.165, 1.54) is 51.7 Å². The van der Waals surface area contributed by atoms with Crippen LogP contribution in [0.1, 0.15) is 46.0 Å². The van der Waals surface area contributed by atoms with Crippen LogP contribution in [0.2, 0.25) is 0 Å². The summed E-state index contributed by atoms with van der Waals surface area (Å²) >= 11 is 0. The third kappa shape index (κ3) is 2.94. The van der Waals surface area contributed by atoms with Crippen LogP contribution in [0.25, 0.3) is 0 Å². The summed E-state index contributed by atoms with van der Waals surface area (Å²) in [6, 6.07) is 0.759. The highest BCUT2D eigenvalue weighted by Gasteiger charge is 2.34.